The fourth-order valence-corrected chi connectivity index (χ4v) is 5.28. The fourth-order valence-electron chi connectivity index (χ4n) is 4.15. The van der Waals surface area contributed by atoms with E-state index in [0.29, 0.717) is 49.7 Å². The number of halogens is 1. The van der Waals surface area contributed by atoms with Crippen molar-refractivity contribution in [2.45, 2.75) is 32.2 Å². The molecule has 2 aliphatic heterocycles. The molecule has 1 aromatic carbocycles. The van der Waals surface area contributed by atoms with Gasteiger partial charge in [0, 0.05) is 30.4 Å². The van der Waals surface area contributed by atoms with Gasteiger partial charge in [0.15, 0.2) is 11.6 Å². The first-order chi connectivity index (χ1) is 15.0. The topological polar surface area (TPSA) is 88.5 Å². The van der Waals surface area contributed by atoms with Crippen LogP contribution >= 0.6 is 0 Å². The van der Waals surface area contributed by atoms with Crippen LogP contribution in [0, 0.1) is 5.82 Å². The Kier molecular flexibility index (Phi) is 6.78. The molecule has 0 amide bonds. The number of nitrogens with one attached hydrogen (secondary N) is 2. The molecule has 2 aromatic rings. The van der Waals surface area contributed by atoms with E-state index in [1.54, 1.807) is 19.1 Å². The zero-order valence-corrected chi connectivity index (χ0v) is 18.6. The summed E-state index contributed by atoms with van der Waals surface area (Å²) in [5, 5.41) is 8.22. The van der Waals surface area contributed by atoms with E-state index in [0.717, 1.165) is 25.9 Å². The summed E-state index contributed by atoms with van der Waals surface area (Å²) in [7, 11) is -3.59. The van der Waals surface area contributed by atoms with Gasteiger partial charge in [0.2, 0.25) is 10.0 Å². The highest BCUT2D eigenvalue weighted by atomic mass is 32.2. The third kappa shape index (κ3) is 5.02. The monoisotopic (exact) mass is 451 g/mol. The molecule has 31 heavy (non-hydrogen) atoms. The van der Waals surface area contributed by atoms with Gasteiger partial charge in [-0.2, -0.15) is 5.10 Å². The minimum absolute atomic E-state index is 0.0338. The number of anilines is 2. The molecule has 170 valence electrons. The Bertz CT molecular complexity index is 998. The number of morpholine rings is 1. The number of hydrogen-bond donors (Lipinski definition) is 2. The maximum Gasteiger partial charge on any atom is 0.232 e. The second-order valence-electron chi connectivity index (χ2n) is 8.02. The number of rotatable bonds is 7. The van der Waals surface area contributed by atoms with Crippen molar-refractivity contribution in [3.63, 3.8) is 0 Å². The van der Waals surface area contributed by atoms with Crippen LogP contribution in [0.4, 0.5) is 15.9 Å². The van der Waals surface area contributed by atoms with Crippen molar-refractivity contribution in [2.75, 3.05) is 54.8 Å². The highest BCUT2D eigenvalue weighted by Gasteiger charge is 2.26. The van der Waals surface area contributed by atoms with Crippen molar-refractivity contribution in [2.24, 2.45) is 0 Å². The predicted octanol–water partition coefficient (Wildman–Crippen LogP) is 2.60. The van der Waals surface area contributed by atoms with E-state index in [4.69, 9.17) is 9.84 Å². The van der Waals surface area contributed by atoms with E-state index >= 15 is 4.39 Å². The Morgan fingerprint density at radius 1 is 1.23 bits per heavy atom. The Hall–Kier alpha value is -2.17. The van der Waals surface area contributed by atoms with E-state index < -0.39 is 15.8 Å². The van der Waals surface area contributed by atoms with Gasteiger partial charge >= 0.3 is 0 Å². The van der Waals surface area contributed by atoms with Crippen LogP contribution in [0.25, 0.3) is 11.1 Å². The summed E-state index contributed by atoms with van der Waals surface area (Å²) in [4.78, 5) is 2.11. The molecule has 0 bridgehead atoms. The molecule has 2 N–H and O–H groups in total. The molecule has 0 radical (unpaired) electrons. The van der Waals surface area contributed by atoms with Crippen molar-refractivity contribution < 1.29 is 17.5 Å². The first-order valence-corrected chi connectivity index (χ1v) is 12.6. The Balaban J connectivity index is 1.73. The summed E-state index contributed by atoms with van der Waals surface area (Å²) in [5.41, 5.74) is 0.987. The quantitative estimate of drug-likeness (QED) is 0.673. The zero-order chi connectivity index (χ0) is 21.8. The van der Waals surface area contributed by atoms with Crippen LogP contribution < -0.4 is 14.9 Å². The largest absolute Gasteiger partial charge is 0.378 e. The summed E-state index contributed by atoms with van der Waals surface area (Å²) in [5.74, 6) is 0.0828. The number of ether oxygens (including phenoxy) is 1. The maximum atomic E-state index is 15.5. The van der Waals surface area contributed by atoms with E-state index in [1.807, 2.05) is 10.9 Å². The molecule has 4 rings (SSSR count). The van der Waals surface area contributed by atoms with Gasteiger partial charge in [0.1, 0.15) is 0 Å². The lowest BCUT2D eigenvalue weighted by Crippen LogP contribution is -2.37. The van der Waals surface area contributed by atoms with Crippen molar-refractivity contribution in [3.8, 4) is 11.1 Å². The van der Waals surface area contributed by atoms with Crippen molar-refractivity contribution in [1.82, 2.24) is 15.1 Å². The highest BCUT2D eigenvalue weighted by molar-refractivity contribution is 7.92. The number of aromatic nitrogens is 2. The molecule has 2 aliphatic rings. The van der Waals surface area contributed by atoms with Gasteiger partial charge in [-0.25, -0.2) is 12.8 Å². The smallest absolute Gasteiger partial charge is 0.232 e. The van der Waals surface area contributed by atoms with Crippen LogP contribution in [0.15, 0.2) is 24.4 Å². The SMILES string of the molecule is CCCS(=O)(=O)Nc1cccc(-c2cn(C3CCNCC3)nc2N2CCOCC2)c1F. The Morgan fingerprint density at radius 3 is 2.68 bits per heavy atom. The van der Waals surface area contributed by atoms with Crippen LogP contribution in [-0.2, 0) is 14.8 Å². The fraction of sp³-hybridized carbons (Fsp3) is 0.571. The van der Waals surface area contributed by atoms with Gasteiger partial charge in [0.05, 0.1) is 30.7 Å². The summed E-state index contributed by atoms with van der Waals surface area (Å²) in [6.45, 7) is 6.18. The lowest BCUT2D eigenvalue weighted by Gasteiger charge is -2.28. The molecule has 10 heteroatoms. The zero-order valence-electron chi connectivity index (χ0n) is 17.8. The standard InChI is InChI=1S/C21H30FN5O3S/c1-2-14-31(28,29)25-19-5-3-4-17(20(19)22)18-15-27(16-6-8-23-9-7-16)24-21(18)26-10-12-30-13-11-26/h3-5,15-16,23,25H,2,6-14H2,1H3. The normalized spacial score (nSPS) is 18.3. The van der Waals surface area contributed by atoms with Crippen LogP contribution in [-0.4, -0.2) is 63.3 Å². The highest BCUT2D eigenvalue weighted by Crippen LogP contribution is 2.36. The third-order valence-electron chi connectivity index (χ3n) is 5.73. The number of nitrogens with zero attached hydrogens (tertiary/aromatic N) is 3. The van der Waals surface area contributed by atoms with Gasteiger partial charge in [0.25, 0.3) is 0 Å². The molecule has 0 saturated carbocycles. The molecule has 1 aromatic heterocycles. The van der Waals surface area contributed by atoms with Gasteiger partial charge in [-0.15, -0.1) is 0 Å². The molecule has 2 fully saturated rings. The lowest BCUT2D eigenvalue weighted by molar-refractivity contribution is 0.122. The van der Waals surface area contributed by atoms with Gasteiger partial charge < -0.3 is 15.0 Å². The van der Waals surface area contributed by atoms with Crippen molar-refractivity contribution in [3.05, 3.63) is 30.2 Å². The molecule has 0 atom stereocenters. The first-order valence-electron chi connectivity index (χ1n) is 10.9. The minimum Gasteiger partial charge on any atom is -0.378 e. The summed E-state index contributed by atoms with van der Waals surface area (Å²) in [6, 6.07) is 5.06. The first kappa shape index (κ1) is 22.0. The third-order valence-corrected chi connectivity index (χ3v) is 7.21. The van der Waals surface area contributed by atoms with Gasteiger partial charge in [-0.05, 0) is 38.4 Å². The average Bonchev–Trinajstić information content (AvgIpc) is 3.21. The van der Waals surface area contributed by atoms with Crippen LogP contribution in [0.3, 0.4) is 0 Å². The summed E-state index contributed by atoms with van der Waals surface area (Å²) in [6.07, 6.45) is 4.29. The number of sulfonamides is 1. The molecule has 8 nitrogen and oxygen atoms in total. The van der Waals surface area contributed by atoms with Crippen LogP contribution in [0.2, 0.25) is 0 Å². The average molecular weight is 452 g/mol. The maximum absolute atomic E-state index is 15.5. The van der Waals surface area contributed by atoms with E-state index in [2.05, 4.69) is 14.9 Å². The van der Waals surface area contributed by atoms with E-state index in [9.17, 15) is 8.42 Å². The Morgan fingerprint density at radius 2 is 1.97 bits per heavy atom. The van der Waals surface area contributed by atoms with E-state index in [1.165, 1.54) is 6.07 Å². The molecule has 0 unspecified atom stereocenters. The van der Waals surface area contributed by atoms with Gasteiger partial charge in [-0.3, -0.25) is 9.40 Å². The molecular weight excluding hydrogens is 421 g/mol. The second kappa shape index (κ2) is 9.54. The predicted molar refractivity (Wildman–Crippen MR) is 119 cm³/mol. The van der Waals surface area contributed by atoms with Crippen LogP contribution in [0.5, 0.6) is 0 Å². The number of benzene rings is 1. The second-order valence-corrected chi connectivity index (χ2v) is 9.86. The van der Waals surface area contributed by atoms with Crippen molar-refractivity contribution in [1.29, 1.82) is 0 Å². The van der Waals surface area contributed by atoms with E-state index in [-0.39, 0.29) is 17.5 Å². The number of hydrogen-bond acceptors (Lipinski definition) is 6. The summed E-state index contributed by atoms with van der Waals surface area (Å²) < 4.78 is 49.7. The molecule has 2 saturated heterocycles. The molecule has 3 heterocycles. The Labute approximate surface area is 182 Å². The summed E-state index contributed by atoms with van der Waals surface area (Å²) >= 11 is 0. The number of piperidine rings is 1. The van der Waals surface area contributed by atoms with Crippen molar-refractivity contribution >= 4 is 21.5 Å². The van der Waals surface area contributed by atoms with Gasteiger partial charge in [-0.1, -0.05) is 19.1 Å². The minimum atomic E-state index is -3.59. The molecule has 0 spiro atoms. The molecular formula is C21H30FN5O3S. The lowest BCUT2D eigenvalue weighted by atomic mass is 10.1. The molecule has 0 aliphatic carbocycles. The van der Waals surface area contributed by atoms with Crippen LogP contribution in [0.1, 0.15) is 32.2 Å².